The average molecular weight is 314 g/mol. The fourth-order valence-electron chi connectivity index (χ4n) is 2.11. The molecular weight excluding hydrogens is 284 g/mol. The van der Waals surface area contributed by atoms with Gasteiger partial charge in [-0.1, -0.05) is 11.6 Å². The van der Waals surface area contributed by atoms with E-state index in [1.165, 1.54) is 24.2 Å². The Morgan fingerprint density at radius 2 is 2.19 bits per heavy atom. The minimum absolute atomic E-state index is 0.206. The summed E-state index contributed by atoms with van der Waals surface area (Å²) in [6.07, 6.45) is 7.55. The zero-order chi connectivity index (χ0) is 15.7. The van der Waals surface area contributed by atoms with Crippen LogP contribution in [0.5, 0.6) is 0 Å². The van der Waals surface area contributed by atoms with Crippen LogP contribution >= 0.6 is 11.8 Å². The molecule has 1 heterocycles. The van der Waals surface area contributed by atoms with Crippen molar-refractivity contribution in [1.82, 2.24) is 10.2 Å². The lowest BCUT2D eigenvalue weighted by molar-refractivity contribution is 0.0265. The van der Waals surface area contributed by atoms with Crippen molar-refractivity contribution < 1.29 is 9.53 Å². The Hall–Kier alpha value is -0.680. The fraction of sp³-hybridized carbons (Fsp3) is 0.812. The van der Waals surface area contributed by atoms with Crippen LogP contribution in [0, 0.1) is 0 Å². The van der Waals surface area contributed by atoms with Crippen LogP contribution in [-0.2, 0) is 4.74 Å². The SMILES string of the molecule is CSCCCCNCC1=CCN(C(=O)OC(C)(C)C)CC1. The Labute approximate surface area is 133 Å². The van der Waals surface area contributed by atoms with Gasteiger partial charge in [0.2, 0.25) is 0 Å². The number of thioether (sulfide) groups is 1. The van der Waals surface area contributed by atoms with Crippen LogP contribution in [0.2, 0.25) is 0 Å². The van der Waals surface area contributed by atoms with E-state index in [2.05, 4.69) is 17.6 Å². The molecule has 0 aromatic rings. The number of hydrogen-bond acceptors (Lipinski definition) is 4. The topological polar surface area (TPSA) is 41.6 Å². The van der Waals surface area contributed by atoms with Crippen molar-refractivity contribution in [1.29, 1.82) is 0 Å². The Bertz CT molecular complexity index is 351. The lowest BCUT2D eigenvalue weighted by atomic mass is 10.1. The number of amides is 1. The maximum Gasteiger partial charge on any atom is 0.410 e. The van der Waals surface area contributed by atoms with Crippen LogP contribution in [0.4, 0.5) is 4.79 Å². The number of rotatable bonds is 7. The first kappa shape index (κ1) is 18.4. The highest BCUT2D eigenvalue weighted by atomic mass is 32.2. The average Bonchev–Trinajstić information content (AvgIpc) is 2.41. The molecule has 122 valence electrons. The smallest absolute Gasteiger partial charge is 0.410 e. The van der Waals surface area contributed by atoms with Gasteiger partial charge in [-0.05, 0) is 58.6 Å². The predicted octanol–water partition coefficient (Wildman–Crippen LogP) is 3.29. The van der Waals surface area contributed by atoms with Crippen molar-refractivity contribution in [3.05, 3.63) is 11.6 Å². The van der Waals surface area contributed by atoms with Crippen molar-refractivity contribution in [3.8, 4) is 0 Å². The third-order valence-corrected chi connectivity index (χ3v) is 3.96. The minimum atomic E-state index is -0.417. The molecule has 0 saturated carbocycles. The fourth-order valence-corrected chi connectivity index (χ4v) is 2.60. The second-order valence-corrected chi connectivity index (χ2v) is 7.40. The molecule has 1 aliphatic heterocycles. The van der Waals surface area contributed by atoms with Crippen LogP contribution in [0.1, 0.15) is 40.0 Å². The van der Waals surface area contributed by atoms with Crippen molar-refractivity contribution >= 4 is 17.9 Å². The molecule has 21 heavy (non-hydrogen) atoms. The second-order valence-electron chi connectivity index (χ2n) is 6.42. The molecule has 0 aromatic heterocycles. The zero-order valence-corrected chi connectivity index (χ0v) is 14.7. The minimum Gasteiger partial charge on any atom is -0.444 e. The summed E-state index contributed by atoms with van der Waals surface area (Å²) in [5, 5.41) is 3.48. The highest BCUT2D eigenvalue weighted by molar-refractivity contribution is 7.98. The Balaban J connectivity index is 2.20. The third-order valence-electron chi connectivity index (χ3n) is 3.26. The maximum atomic E-state index is 11.9. The maximum absolute atomic E-state index is 11.9. The van der Waals surface area contributed by atoms with Crippen LogP contribution in [0.25, 0.3) is 0 Å². The Morgan fingerprint density at radius 1 is 1.43 bits per heavy atom. The molecule has 0 atom stereocenters. The molecule has 0 saturated heterocycles. The van der Waals surface area contributed by atoms with Crippen LogP contribution < -0.4 is 5.32 Å². The molecule has 5 heteroatoms. The lowest BCUT2D eigenvalue weighted by Gasteiger charge is -2.29. The summed E-state index contributed by atoms with van der Waals surface area (Å²) in [6.45, 7) is 9.15. The molecule has 0 spiro atoms. The molecular formula is C16H30N2O2S. The van der Waals surface area contributed by atoms with Gasteiger partial charge in [0, 0.05) is 19.6 Å². The highest BCUT2D eigenvalue weighted by Crippen LogP contribution is 2.15. The van der Waals surface area contributed by atoms with Gasteiger partial charge >= 0.3 is 6.09 Å². The summed E-state index contributed by atoms with van der Waals surface area (Å²) < 4.78 is 5.39. The molecule has 0 radical (unpaired) electrons. The van der Waals surface area contributed by atoms with E-state index in [0.717, 1.165) is 26.1 Å². The summed E-state index contributed by atoms with van der Waals surface area (Å²) in [5.74, 6) is 1.25. The molecule has 1 aliphatic rings. The number of carbonyl (C=O) groups is 1. The van der Waals surface area contributed by atoms with E-state index in [9.17, 15) is 4.79 Å². The van der Waals surface area contributed by atoms with E-state index in [1.54, 1.807) is 4.90 Å². The Morgan fingerprint density at radius 3 is 2.76 bits per heavy atom. The van der Waals surface area contributed by atoms with E-state index < -0.39 is 5.60 Å². The zero-order valence-electron chi connectivity index (χ0n) is 13.9. The van der Waals surface area contributed by atoms with Crippen molar-refractivity contribution in [2.24, 2.45) is 0 Å². The third kappa shape index (κ3) is 8.37. The summed E-state index contributed by atoms with van der Waals surface area (Å²) in [5.41, 5.74) is 0.985. The van der Waals surface area contributed by atoms with Gasteiger partial charge in [0.1, 0.15) is 5.60 Å². The standard InChI is InChI=1S/C16H30N2O2S/c1-16(2,3)20-15(19)18-10-7-14(8-11-18)13-17-9-5-6-12-21-4/h7,17H,5-6,8-13H2,1-4H3. The first-order valence-corrected chi connectivity index (χ1v) is 9.17. The number of hydrogen-bond donors (Lipinski definition) is 1. The number of ether oxygens (including phenoxy) is 1. The van der Waals surface area contributed by atoms with Crippen molar-refractivity contribution in [3.63, 3.8) is 0 Å². The molecule has 0 unspecified atom stereocenters. The van der Waals surface area contributed by atoms with E-state index in [-0.39, 0.29) is 6.09 Å². The van der Waals surface area contributed by atoms with Gasteiger partial charge in [0.15, 0.2) is 0 Å². The van der Waals surface area contributed by atoms with E-state index >= 15 is 0 Å². The quantitative estimate of drug-likeness (QED) is 0.578. The monoisotopic (exact) mass is 314 g/mol. The number of carbonyl (C=O) groups excluding carboxylic acids is 1. The predicted molar refractivity (Wildman–Crippen MR) is 91.0 cm³/mol. The van der Waals surface area contributed by atoms with E-state index in [4.69, 9.17) is 4.74 Å². The second kappa shape index (κ2) is 9.36. The van der Waals surface area contributed by atoms with Crippen molar-refractivity contribution in [2.45, 2.75) is 45.6 Å². The normalized spacial score (nSPS) is 15.8. The van der Waals surface area contributed by atoms with Gasteiger partial charge in [-0.25, -0.2) is 4.79 Å². The van der Waals surface area contributed by atoms with Gasteiger partial charge in [0.05, 0.1) is 0 Å². The van der Waals surface area contributed by atoms with Gasteiger partial charge in [-0.15, -0.1) is 0 Å². The molecule has 4 nitrogen and oxygen atoms in total. The molecule has 0 bridgehead atoms. The summed E-state index contributed by atoms with van der Waals surface area (Å²) in [7, 11) is 0. The Kier molecular flexibility index (Phi) is 8.19. The van der Waals surface area contributed by atoms with Crippen molar-refractivity contribution in [2.75, 3.05) is 38.2 Å². The number of nitrogens with one attached hydrogen (secondary N) is 1. The molecule has 1 N–H and O–H groups in total. The van der Waals surface area contributed by atoms with Gasteiger partial charge in [0.25, 0.3) is 0 Å². The van der Waals surface area contributed by atoms with E-state index in [1.807, 2.05) is 32.5 Å². The number of unbranched alkanes of at least 4 members (excludes halogenated alkanes) is 1. The molecule has 1 rings (SSSR count). The van der Waals surface area contributed by atoms with Gasteiger partial charge in [-0.2, -0.15) is 11.8 Å². The van der Waals surface area contributed by atoms with Crippen LogP contribution in [0.15, 0.2) is 11.6 Å². The van der Waals surface area contributed by atoms with Gasteiger partial charge in [-0.3, -0.25) is 0 Å². The number of nitrogens with zero attached hydrogens (tertiary/aromatic N) is 1. The van der Waals surface area contributed by atoms with Gasteiger partial charge < -0.3 is 15.0 Å². The summed E-state index contributed by atoms with van der Waals surface area (Å²) >= 11 is 1.91. The van der Waals surface area contributed by atoms with E-state index in [0.29, 0.717) is 6.54 Å². The highest BCUT2D eigenvalue weighted by Gasteiger charge is 2.23. The summed E-state index contributed by atoms with van der Waals surface area (Å²) in [6, 6.07) is 0. The van der Waals surface area contributed by atoms with Crippen LogP contribution in [0.3, 0.4) is 0 Å². The lowest BCUT2D eigenvalue weighted by Crippen LogP contribution is -2.40. The summed E-state index contributed by atoms with van der Waals surface area (Å²) in [4.78, 5) is 13.7. The van der Waals surface area contributed by atoms with Crippen LogP contribution in [-0.4, -0.2) is 54.8 Å². The molecule has 1 amide bonds. The molecule has 0 fully saturated rings. The first-order chi connectivity index (χ1) is 9.92. The largest absolute Gasteiger partial charge is 0.444 e. The first-order valence-electron chi connectivity index (χ1n) is 7.78. The molecule has 0 aromatic carbocycles. The molecule has 0 aliphatic carbocycles.